The van der Waals surface area contributed by atoms with Gasteiger partial charge in [-0.1, -0.05) is 83.6 Å². The number of halogens is 3. The lowest BCUT2D eigenvalue weighted by atomic mass is 9.93. The molecule has 4 aromatic carbocycles. The lowest BCUT2D eigenvalue weighted by molar-refractivity contribution is -0.138. The van der Waals surface area contributed by atoms with Gasteiger partial charge in [0.15, 0.2) is 16.3 Å². The number of hydrogen-bond acceptors (Lipinski definition) is 7. The van der Waals surface area contributed by atoms with Gasteiger partial charge in [0.25, 0.3) is 5.56 Å². The molecule has 1 aliphatic heterocycles. The Morgan fingerprint density at radius 3 is 2.45 bits per heavy atom. The second-order valence-electron chi connectivity index (χ2n) is 10.4. The SMILES string of the molecule is CCOC(=O)C1=C(c2ccccc2)N=c2s/c(=C\c3cc(Cl)c(OCc4ccccc4F)c(OC)c3)c(=O)n2[C@@H]1c1ccc(F)cc1. The van der Waals surface area contributed by atoms with Gasteiger partial charge in [-0.15, -0.1) is 0 Å². The Balaban J connectivity index is 1.49. The van der Waals surface area contributed by atoms with E-state index in [1.54, 1.807) is 43.3 Å². The predicted molar refractivity (Wildman–Crippen MR) is 176 cm³/mol. The molecule has 0 bridgehead atoms. The molecule has 47 heavy (non-hydrogen) atoms. The first kappa shape index (κ1) is 31.9. The molecule has 238 valence electrons. The average molecular weight is 673 g/mol. The summed E-state index contributed by atoms with van der Waals surface area (Å²) in [6, 6.07) is 23.3. The van der Waals surface area contributed by atoms with Gasteiger partial charge >= 0.3 is 5.97 Å². The summed E-state index contributed by atoms with van der Waals surface area (Å²) in [6.45, 7) is 1.72. The molecule has 0 unspecified atom stereocenters. The van der Waals surface area contributed by atoms with Crippen molar-refractivity contribution in [3.8, 4) is 11.5 Å². The third kappa shape index (κ3) is 6.47. The summed E-state index contributed by atoms with van der Waals surface area (Å²) in [7, 11) is 1.45. The maximum absolute atomic E-state index is 14.2. The fourth-order valence-corrected chi connectivity index (χ4v) is 6.56. The number of thiazole rings is 1. The lowest BCUT2D eigenvalue weighted by Crippen LogP contribution is -2.40. The minimum Gasteiger partial charge on any atom is -0.493 e. The van der Waals surface area contributed by atoms with Crippen molar-refractivity contribution in [3.63, 3.8) is 0 Å². The van der Waals surface area contributed by atoms with Crippen molar-refractivity contribution in [1.82, 2.24) is 4.57 Å². The van der Waals surface area contributed by atoms with Gasteiger partial charge in [0.05, 0.1) is 40.6 Å². The number of carbonyl (C=O) groups is 1. The van der Waals surface area contributed by atoms with Crippen molar-refractivity contribution < 1.29 is 27.8 Å². The summed E-state index contributed by atoms with van der Waals surface area (Å²) in [6.07, 6.45) is 1.64. The van der Waals surface area contributed by atoms with Crippen LogP contribution in [0.15, 0.2) is 106 Å². The van der Waals surface area contributed by atoms with E-state index in [-0.39, 0.29) is 35.3 Å². The first-order valence-corrected chi connectivity index (χ1v) is 15.8. The molecule has 5 aromatic rings. The molecule has 2 heterocycles. The van der Waals surface area contributed by atoms with Crippen LogP contribution >= 0.6 is 22.9 Å². The van der Waals surface area contributed by atoms with Gasteiger partial charge in [0.1, 0.15) is 18.2 Å². The molecule has 1 atom stereocenters. The van der Waals surface area contributed by atoms with Crippen molar-refractivity contribution >= 4 is 40.7 Å². The van der Waals surface area contributed by atoms with Crippen LogP contribution in [0.25, 0.3) is 11.8 Å². The van der Waals surface area contributed by atoms with E-state index in [1.165, 1.54) is 42.0 Å². The van der Waals surface area contributed by atoms with Gasteiger partial charge in [-0.25, -0.2) is 18.6 Å². The largest absolute Gasteiger partial charge is 0.493 e. The Morgan fingerprint density at radius 2 is 1.74 bits per heavy atom. The predicted octanol–water partition coefficient (Wildman–Crippen LogP) is 6.45. The molecule has 0 N–H and O–H groups in total. The molecule has 0 amide bonds. The maximum atomic E-state index is 14.2. The molecular weight excluding hydrogens is 646 g/mol. The van der Waals surface area contributed by atoms with Gasteiger partial charge in [0.2, 0.25) is 0 Å². The van der Waals surface area contributed by atoms with Gasteiger partial charge in [-0.3, -0.25) is 9.36 Å². The number of esters is 1. The minimum absolute atomic E-state index is 0.0728. The first-order chi connectivity index (χ1) is 22.8. The lowest BCUT2D eigenvalue weighted by Gasteiger charge is -2.25. The molecule has 6 rings (SSSR count). The molecule has 1 aliphatic rings. The van der Waals surface area contributed by atoms with E-state index in [0.717, 1.165) is 11.3 Å². The molecule has 0 fully saturated rings. The first-order valence-electron chi connectivity index (χ1n) is 14.6. The van der Waals surface area contributed by atoms with Crippen LogP contribution in [-0.4, -0.2) is 24.3 Å². The third-order valence-electron chi connectivity index (χ3n) is 7.44. The smallest absolute Gasteiger partial charge is 0.338 e. The Bertz CT molecular complexity index is 2180. The maximum Gasteiger partial charge on any atom is 0.338 e. The fourth-order valence-electron chi connectivity index (χ4n) is 5.28. The van der Waals surface area contributed by atoms with E-state index in [1.807, 2.05) is 30.3 Å². The third-order valence-corrected chi connectivity index (χ3v) is 8.70. The van der Waals surface area contributed by atoms with Crippen LogP contribution in [0.5, 0.6) is 11.5 Å². The highest BCUT2D eigenvalue weighted by atomic mass is 35.5. The highest BCUT2D eigenvalue weighted by Gasteiger charge is 2.35. The Morgan fingerprint density at radius 1 is 1.02 bits per heavy atom. The van der Waals surface area contributed by atoms with E-state index in [0.29, 0.717) is 37.3 Å². The number of carbonyl (C=O) groups excluding carboxylic acids is 1. The van der Waals surface area contributed by atoms with Crippen molar-refractivity contribution in [2.45, 2.75) is 19.6 Å². The molecule has 0 aliphatic carbocycles. The van der Waals surface area contributed by atoms with Gasteiger partial charge in [-0.2, -0.15) is 0 Å². The Labute approximate surface area is 277 Å². The van der Waals surface area contributed by atoms with Gasteiger partial charge in [-0.05, 0) is 54.5 Å². The van der Waals surface area contributed by atoms with E-state index in [4.69, 9.17) is 30.8 Å². The van der Waals surface area contributed by atoms with Crippen LogP contribution in [0.2, 0.25) is 5.02 Å². The van der Waals surface area contributed by atoms with Crippen molar-refractivity contribution in [3.05, 3.63) is 155 Å². The standard InChI is InChI=1S/C36H27ClF2N2O5S/c1-3-45-35(43)30-31(22-9-5-4-6-10-22)40-36-41(32(30)23-13-15-25(38)16-14-23)34(42)29(47-36)19-21-17-26(37)33(28(18-21)44-2)46-20-24-11-7-8-12-27(24)39/h4-19,32H,3,20H2,1-2H3/b29-19-/t32-/m1/s1. The number of hydrogen-bond donors (Lipinski definition) is 0. The summed E-state index contributed by atoms with van der Waals surface area (Å²) in [5, 5.41) is 0.194. The van der Waals surface area contributed by atoms with E-state index in [2.05, 4.69) is 0 Å². The molecule has 0 spiro atoms. The summed E-state index contributed by atoms with van der Waals surface area (Å²) in [4.78, 5) is 32.8. The Hall–Kier alpha value is -5.06. The second kappa shape index (κ2) is 13.7. The normalized spacial score (nSPS) is 14.4. The molecule has 0 saturated carbocycles. The molecule has 7 nitrogen and oxygen atoms in total. The molecular formula is C36H27ClF2N2O5S. The van der Waals surface area contributed by atoms with Crippen LogP contribution < -0.4 is 24.4 Å². The minimum atomic E-state index is -0.949. The summed E-state index contributed by atoms with van der Waals surface area (Å²) < 4.78 is 46.7. The molecule has 1 aromatic heterocycles. The van der Waals surface area contributed by atoms with Crippen molar-refractivity contribution in [2.75, 3.05) is 13.7 Å². The second-order valence-corrected chi connectivity index (χ2v) is 11.8. The highest BCUT2D eigenvalue weighted by molar-refractivity contribution is 7.07. The zero-order chi connectivity index (χ0) is 33.1. The zero-order valence-corrected chi connectivity index (χ0v) is 26.8. The molecule has 0 radical (unpaired) electrons. The van der Waals surface area contributed by atoms with Gasteiger partial charge in [0, 0.05) is 11.1 Å². The number of methoxy groups -OCH3 is 1. The van der Waals surface area contributed by atoms with Crippen LogP contribution in [0.4, 0.5) is 8.78 Å². The fraction of sp³-hybridized carbons (Fsp3) is 0.139. The van der Waals surface area contributed by atoms with Crippen molar-refractivity contribution in [1.29, 1.82) is 0 Å². The molecule has 11 heteroatoms. The average Bonchev–Trinajstić information content (AvgIpc) is 3.38. The van der Waals surface area contributed by atoms with Gasteiger partial charge < -0.3 is 14.2 Å². The number of aromatic nitrogens is 1. The molecule has 0 saturated heterocycles. The summed E-state index contributed by atoms with van der Waals surface area (Å²) in [5.41, 5.74) is 2.13. The number of ether oxygens (including phenoxy) is 3. The van der Waals surface area contributed by atoms with E-state index < -0.39 is 29.2 Å². The number of benzene rings is 4. The number of rotatable bonds is 9. The van der Waals surface area contributed by atoms with Crippen LogP contribution in [0.1, 0.15) is 35.2 Å². The zero-order valence-electron chi connectivity index (χ0n) is 25.2. The summed E-state index contributed by atoms with van der Waals surface area (Å²) >= 11 is 7.73. The number of fused-ring (bicyclic) bond motifs is 1. The quantitative estimate of drug-likeness (QED) is 0.168. The van der Waals surface area contributed by atoms with Crippen LogP contribution in [0.3, 0.4) is 0 Å². The number of nitrogens with zero attached hydrogens (tertiary/aromatic N) is 2. The van der Waals surface area contributed by atoms with Crippen LogP contribution in [-0.2, 0) is 16.1 Å². The van der Waals surface area contributed by atoms with Crippen LogP contribution in [0, 0.1) is 11.6 Å². The summed E-state index contributed by atoms with van der Waals surface area (Å²) in [5.74, 6) is -0.999. The van der Waals surface area contributed by atoms with E-state index in [9.17, 15) is 18.4 Å². The Kier molecular flexibility index (Phi) is 9.33. The van der Waals surface area contributed by atoms with E-state index >= 15 is 0 Å². The topological polar surface area (TPSA) is 79.1 Å². The monoisotopic (exact) mass is 672 g/mol. The highest BCUT2D eigenvalue weighted by Crippen LogP contribution is 2.38. The van der Waals surface area contributed by atoms with Crippen molar-refractivity contribution in [2.24, 2.45) is 4.99 Å².